The van der Waals surface area contributed by atoms with Gasteiger partial charge in [0.15, 0.2) is 5.69 Å². The summed E-state index contributed by atoms with van der Waals surface area (Å²) in [6.07, 6.45) is 3.27. The molecule has 0 atom stereocenters. The van der Waals surface area contributed by atoms with E-state index in [2.05, 4.69) is 20.5 Å². The first kappa shape index (κ1) is 19.2. The fourth-order valence-corrected chi connectivity index (χ4v) is 3.26. The first-order chi connectivity index (χ1) is 14.2. The van der Waals surface area contributed by atoms with Crippen LogP contribution in [0.4, 0.5) is 0 Å². The number of pyridine rings is 1. The number of furan rings is 1. The van der Waals surface area contributed by atoms with Crippen molar-refractivity contribution in [3.05, 3.63) is 60.1 Å². The molecule has 3 aromatic rings. The molecule has 2 N–H and O–H groups in total. The van der Waals surface area contributed by atoms with Crippen molar-refractivity contribution in [2.75, 3.05) is 39.4 Å². The number of ether oxygens (including phenoxy) is 1. The van der Waals surface area contributed by atoms with Gasteiger partial charge in [-0.2, -0.15) is 0 Å². The summed E-state index contributed by atoms with van der Waals surface area (Å²) in [5.41, 5.74) is 0.776. The molecule has 152 valence electrons. The number of amides is 2. The molecule has 0 radical (unpaired) electrons. The van der Waals surface area contributed by atoms with Gasteiger partial charge in [0.25, 0.3) is 11.8 Å². The van der Waals surface area contributed by atoms with Crippen LogP contribution in [0, 0.1) is 0 Å². The number of hydrogen-bond acceptors (Lipinski definition) is 6. The van der Waals surface area contributed by atoms with E-state index in [1.54, 1.807) is 47.2 Å². The normalized spacial score (nSPS) is 14.8. The molecule has 29 heavy (non-hydrogen) atoms. The van der Waals surface area contributed by atoms with Gasteiger partial charge in [0.2, 0.25) is 5.82 Å². The number of rotatable bonds is 7. The number of nitrogens with one attached hydrogen (secondary N) is 2. The zero-order valence-electron chi connectivity index (χ0n) is 16.0. The van der Waals surface area contributed by atoms with Crippen molar-refractivity contribution >= 4 is 17.3 Å². The van der Waals surface area contributed by atoms with Crippen molar-refractivity contribution in [3.8, 4) is 0 Å². The summed E-state index contributed by atoms with van der Waals surface area (Å²) in [4.78, 5) is 31.9. The average Bonchev–Trinajstić information content (AvgIpc) is 3.41. The molecule has 0 saturated carbocycles. The van der Waals surface area contributed by atoms with Crippen LogP contribution in [0.25, 0.3) is 5.52 Å². The molecular weight excluding hydrogens is 374 g/mol. The SMILES string of the molecule is O=C(NCc1ccco1)c1nc(C(=O)NCCN2CCOCC2)n2ccccc12. The largest absolute Gasteiger partial charge is 0.467 e. The number of hydrogen-bond donors (Lipinski definition) is 2. The minimum absolute atomic E-state index is 0.186. The Morgan fingerprint density at radius 2 is 1.93 bits per heavy atom. The quantitative estimate of drug-likeness (QED) is 0.615. The van der Waals surface area contributed by atoms with Gasteiger partial charge in [0, 0.05) is 32.4 Å². The third-order valence-corrected chi connectivity index (χ3v) is 4.79. The predicted molar refractivity (Wildman–Crippen MR) is 105 cm³/mol. The third kappa shape index (κ3) is 4.47. The van der Waals surface area contributed by atoms with Gasteiger partial charge in [-0.05, 0) is 24.3 Å². The lowest BCUT2D eigenvalue weighted by atomic mass is 10.3. The molecule has 2 amide bonds. The van der Waals surface area contributed by atoms with Crippen molar-refractivity contribution in [3.63, 3.8) is 0 Å². The van der Waals surface area contributed by atoms with Crippen LogP contribution in [-0.2, 0) is 11.3 Å². The van der Waals surface area contributed by atoms with Crippen molar-refractivity contribution in [1.82, 2.24) is 24.9 Å². The van der Waals surface area contributed by atoms with Crippen LogP contribution in [-0.4, -0.2) is 65.5 Å². The smallest absolute Gasteiger partial charge is 0.287 e. The molecule has 0 unspecified atom stereocenters. The van der Waals surface area contributed by atoms with Crippen LogP contribution in [0.15, 0.2) is 47.2 Å². The molecule has 0 aromatic carbocycles. The van der Waals surface area contributed by atoms with E-state index in [1.807, 2.05) is 0 Å². The highest BCUT2D eigenvalue weighted by Crippen LogP contribution is 2.14. The maximum absolute atomic E-state index is 12.7. The fraction of sp³-hybridized carbons (Fsp3) is 0.350. The number of nitrogens with zero attached hydrogens (tertiary/aromatic N) is 3. The van der Waals surface area contributed by atoms with E-state index in [0.29, 0.717) is 17.8 Å². The second-order valence-electron chi connectivity index (χ2n) is 6.71. The van der Waals surface area contributed by atoms with Crippen molar-refractivity contribution in [1.29, 1.82) is 0 Å². The van der Waals surface area contributed by atoms with Gasteiger partial charge in [-0.25, -0.2) is 4.98 Å². The standard InChI is InChI=1S/C20H23N5O4/c26-19(22-14-15-4-3-11-29-15)17-16-5-1-2-7-25(16)18(23-17)20(27)21-6-8-24-9-12-28-13-10-24/h1-5,7,11H,6,8-10,12-14H2,(H,21,27)(H,22,26). The first-order valence-electron chi connectivity index (χ1n) is 9.58. The molecule has 1 saturated heterocycles. The van der Waals surface area contributed by atoms with Crippen LogP contribution in [0.5, 0.6) is 0 Å². The number of aromatic nitrogens is 2. The van der Waals surface area contributed by atoms with Gasteiger partial charge >= 0.3 is 0 Å². The van der Waals surface area contributed by atoms with Gasteiger partial charge in [0.05, 0.1) is 31.5 Å². The Kier molecular flexibility index (Phi) is 5.87. The number of morpholine rings is 1. The Bertz CT molecular complexity index is 976. The second kappa shape index (κ2) is 8.89. The molecular formula is C20H23N5O4. The summed E-state index contributed by atoms with van der Waals surface area (Å²) in [7, 11) is 0. The fourth-order valence-electron chi connectivity index (χ4n) is 3.26. The first-order valence-corrected chi connectivity index (χ1v) is 9.58. The highest BCUT2D eigenvalue weighted by atomic mass is 16.5. The summed E-state index contributed by atoms with van der Waals surface area (Å²) < 4.78 is 12.2. The van der Waals surface area contributed by atoms with Crippen LogP contribution in [0.1, 0.15) is 26.9 Å². The highest BCUT2D eigenvalue weighted by molar-refractivity contribution is 6.02. The summed E-state index contributed by atoms with van der Waals surface area (Å²) in [6, 6.07) is 8.90. The van der Waals surface area contributed by atoms with E-state index in [-0.39, 0.29) is 29.9 Å². The molecule has 4 rings (SSSR count). The minimum Gasteiger partial charge on any atom is -0.467 e. The third-order valence-electron chi connectivity index (χ3n) is 4.79. The van der Waals surface area contributed by atoms with Crippen LogP contribution >= 0.6 is 0 Å². The Morgan fingerprint density at radius 1 is 1.07 bits per heavy atom. The molecule has 0 bridgehead atoms. The van der Waals surface area contributed by atoms with Crippen LogP contribution in [0.3, 0.4) is 0 Å². The molecule has 9 nitrogen and oxygen atoms in total. The Hall–Kier alpha value is -3.17. The van der Waals surface area contributed by atoms with E-state index < -0.39 is 0 Å². The average molecular weight is 397 g/mol. The lowest BCUT2D eigenvalue weighted by Gasteiger charge is -2.26. The van der Waals surface area contributed by atoms with E-state index in [4.69, 9.17) is 9.15 Å². The maximum atomic E-state index is 12.7. The maximum Gasteiger partial charge on any atom is 0.287 e. The Balaban J connectivity index is 1.44. The van der Waals surface area contributed by atoms with Gasteiger partial charge in [-0.15, -0.1) is 0 Å². The Labute approximate surface area is 167 Å². The zero-order valence-corrected chi connectivity index (χ0v) is 16.0. The van der Waals surface area contributed by atoms with E-state index >= 15 is 0 Å². The number of imidazole rings is 1. The molecule has 1 aliphatic rings. The predicted octanol–water partition coefficient (Wildman–Crippen LogP) is 0.919. The number of carbonyl (C=O) groups excluding carboxylic acids is 2. The summed E-state index contributed by atoms with van der Waals surface area (Å²) in [5, 5.41) is 5.67. The number of fused-ring (bicyclic) bond motifs is 1. The molecule has 9 heteroatoms. The highest BCUT2D eigenvalue weighted by Gasteiger charge is 2.21. The topological polar surface area (TPSA) is 101 Å². The number of carbonyl (C=O) groups is 2. The molecule has 1 aliphatic heterocycles. The summed E-state index contributed by atoms with van der Waals surface area (Å²) >= 11 is 0. The van der Waals surface area contributed by atoms with E-state index in [9.17, 15) is 9.59 Å². The van der Waals surface area contributed by atoms with Gasteiger partial charge in [0.1, 0.15) is 5.76 Å². The lowest BCUT2D eigenvalue weighted by Crippen LogP contribution is -2.41. The van der Waals surface area contributed by atoms with Gasteiger partial charge in [-0.3, -0.25) is 18.9 Å². The monoisotopic (exact) mass is 397 g/mol. The molecule has 1 fully saturated rings. The molecule has 0 aliphatic carbocycles. The van der Waals surface area contributed by atoms with Crippen molar-refractivity contribution in [2.45, 2.75) is 6.54 Å². The lowest BCUT2D eigenvalue weighted by molar-refractivity contribution is 0.0383. The molecule has 0 spiro atoms. The second-order valence-corrected chi connectivity index (χ2v) is 6.71. The van der Waals surface area contributed by atoms with E-state index in [1.165, 1.54) is 0 Å². The summed E-state index contributed by atoms with van der Waals surface area (Å²) in [5.74, 6) is 0.149. The van der Waals surface area contributed by atoms with Crippen LogP contribution < -0.4 is 10.6 Å². The molecule has 4 heterocycles. The minimum atomic E-state index is -0.363. The van der Waals surface area contributed by atoms with Gasteiger partial charge in [-0.1, -0.05) is 6.07 Å². The molecule has 3 aromatic heterocycles. The van der Waals surface area contributed by atoms with Crippen LogP contribution in [0.2, 0.25) is 0 Å². The van der Waals surface area contributed by atoms with Crippen molar-refractivity contribution < 1.29 is 18.7 Å². The Morgan fingerprint density at radius 3 is 2.72 bits per heavy atom. The van der Waals surface area contributed by atoms with Crippen molar-refractivity contribution in [2.24, 2.45) is 0 Å². The van der Waals surface area contributed by atoms with E-state index in [0.717, 1.165) is 32.8 Å². The van der Waals surface area contributed by atoms with Gasteiger partial charge < -0.3 is 19.8 Å². The summed E-state index contributed by atoms with van der Waals surface area (Å²) in [6.45, 7) is 4.66. The zero-order chi connectivity index (χ0) is 20.1.